The molecule has 0 aromatic heterocycles. The van der Waals surface area contributed by atoms with Crippen LogP contribution in [0.4, 0.5) is 0 Å². The maximum atomic E-state index is 3.30. The van der Waals surface area contributed by atoms with Crippen LogP contribution in [0.2, 0.25) is 0 Å². The molecule has 0 unspecified atom stereocenters. The summed E-state index contributed by atoms with van der Waals surface area (Å²) in [6.07, 6.45) is 0. The van der Waals surface area contributed by atoms with Crippen molar-refractivity contribution in [2.24, 2.45) is 0 Å². The van der Waals surface area contributed by atoms with Crippen LogP contribution in [-0.4, -0.2) is 22.7 Å². The zero-order valence-corrected chi connectivity index (χ0v) is 5.64. The van der Waals surface area contributed by atoms with Gasteiger partial charge in [0.1, 0.15) is 0 Å². The third-order valence-corrected chi connectivity index (χ3v) is 3.70. The summed E-state index contributed by atoms with van der Waals surface area (Å²) in [6.45, 7) is 0. The summed E-state index contributed by atoms with van der Waals surface area (Å²) in [5.41, 5.74) is 0. The van der Waals surface area contributed by atoms with E-state index in [-0.39, 0.29) is 0 Å². The second-order valence-electron chi connectivity index (χ2n) is 0.637. The summed E-state index contributed by atoms with van der Waals surface area (Å²) in [7, 11) is 0. The van der Waals surface area contributed by atoms with Gasteiger partial charge in [-0.25, -0.2) is 0 Å². The molecule has 0 N–H and O–H groups in total. The van der Waals surface area contributed by atoms with E-state index in [2.05, 4.69) is 20.8 Å². The molecule has 0 atom stereocenters. The van der Waals surface area contributed by atoms with Crippen molar-refractivity contribution >= 4 is 38.6 Å². The van der Waals surface area contributed by atoms with Gasteiger partial charge in [0.15, 0.2) is 0 Å². The van der Waals surface area contributed by atoms with E-state index >= 15 is 0 Å². The van der Waals surface area contributed by atoms with E-state index in [1.807, 2.05) is 0 Å². The summed E-state index contributed by atoms with van der Waals surface area (Å²) in [6, 6.07) is 0. The fourth-order valence-corrected chi connectivity index (χ4v) is 0.736. The average molecular weight is 178 g/mol. The molecule has 0 radical (unpaired) electrons. The van der Waals surface area contributed by atoms with Crippen molar-refractivity contribution in [1.29, 1.82) is 0 Å². The Bertz CT molecular complexity index is 88.2. The molecule has 0 saturated carbocycles. The first-order valence-electron chi connectivity index (χ1n) is 1.02. The van der Waals surface area contributed by atoms with Gasteiger partial charge in [-0.1, -0.05) is 0 Å². The Hall–Kier alpha value is 0.763. The first-order valence-corrected chi connectivity index (χ1v) is 4.07. The van der Waals surface area contributed by atoms with E-state index in [4.69, 9.17) is 0 Å². The predicted octanol–water partition coefficient (Wildman–Crippen LogP) is 0.0312. The van der Waals surface area contributed by atoms with Gasteiger partial charge in [0.25, 0.3) is 0 Å². The number of hydrogen-bond acceptors (Lipinski definition) is 0. The van der Waals surface area contributed by atoms with Crippen molar-refractivity contribution in [3.8, 4) is 0 Å². The molecule has 0 saturated heterocycles. The quantitative estimate of drug-likeness (QED) is 0.458. The zero-order chi connectivity index (χ0) is 2.99. The molecule has 0 amide bonds. The molecule has 2 heteroatoms. The Morgan fingerprint density at radius 2 is 2.25 bits per heavy atom. The van der Waals surface area contributed by atoms with Gasteiger partial charge in [0.2, 0.25) is 0 Å². The van der Waals surface area contributed by atoms with E-state index in [1.54, 1.807) is 0 Å². The molecule has 0 nitrogen and oxygen atoms in total. The van der Waals surface area contributed by atoms with Gasteiger partial charge in [-0.05, 0) is 0 Å². The Balaban J connectivity index is 2.75. The monoisotopic (exact) mass is 178 g/mol. The summed E-state index contributed by atoms with van der Waals surface area (Å²) < 4.78 is 1.48. The summed E-state index contributed by atoms with van der Waals surface area (Å²) in [5, 5.41) is 0. The van der Waals surface area contributed by atoms with Gasteiger partial charge >= 0.3 is 38.6 Å². The third-order valence-electron chi connectivity index (χ3n) is 0.253. The predicted molar refractivity (Wildman–Crippen MR) is 25.8 cm³/mol. The first kappa shape index (κ1) is 2.97. The molecule has 1 aliphatic rings. The van der Waals surface area contributed by atoms with E-state index in [0.29, 0.717) is 14.6 Å². The third kappa shape index (κ3) is 0.606. The second kappa shape index (κ2) is 0.865. The molecule has 1 heterocycles. The van der Waals surface area contributed by atoms with Crippen LogP contribution in [0.1, 0.15) is 0 Å². The molecule has 1 aliphatic heterocycles. The van der Waals surface area contributed by atoms with Gasteiger partial charge in [-0.3, -0.25) is 0 Å². The fourth-order valence-electron chi connectivity index (χ4n) is 0.0273. The van der Waals surface area contributed by atoms with Gasteiger partial charge in [0, 0.05) is 0 Å². The first-order chi connectivity index (χ1) is 1.89. The molecule has 0 aromatic carbocycles. The van der Waals surface area contributed by atoms with Crippen LogP contribution in [0.25, 0.3) is 0 Å². The van der Waals surface area contributed by atoms with Crippen molar-refractivity contribution in [3.05, 3.63) is 0 Å². The van der Waals surface area contributed by atoms with Crippen LogP contribution >= 0.6 is 15.9 Å². The van der Waals surface area contributed by atoms with Gasteiger partial charge in [-0.2, -0.15) is 0 Å². The fraction of sp³-hybridized carbons (Fsp3) is 0. The summed E-state index contributed by atoms with van der Waals surface area (Å²) >= 11 is 3.69. The van der Waals surface area contributed by atoms with Crippen LogP contribution in [0.5, 0.6) is 0 Å². The Labute approximate surface area is 38.9 Å². The van der Waals surface area contributed by atoms with Crippen molar-refractivity contribution < 1.29 is 0 Å². The Morgan fingerprint density at radius 1 is 2.00 bits per heavy atom. The molecule has 20 valence electrons. The summed E-state index contributed by atoms with van der Waals surface area (Å²) in [5.74, 6) is 0. The topological polar surface area (TPSA) is 0 Å². The molecular formula is C2HBrGe. The molecule has 4 heavy (non-hydrogen) atoms. The zero-order valence-electron chi connectivity index (χ0n) is 1.96. The molecule has 1 rings (SSSR count). The van der Waals surface area contributed by atoms with Gasteiger partial charge < -0.3 is 0 Å². The minimum absolute atomic E-state index is 0.389. The molecule has 0 bridgehead atoms. The number of halogens is 1. The van der Waals surface area contributed by atoms with Crippen LogP contribution in [-0.2, 0) is 0 Å². The molecule has 0 aromatic rings. The van der Waals surface area contributed by atoms with E-state index in [1.165, 1.54) is 3.26 Å². The van der Waals surface area contributed by atoms with Crippen molar-refractivity contribution in [2.75, 3.05) is 0 Å². The van der Waals surface area contributed by atoms with Gasteiger partial charge in [-0.15, -0.1) is 0 Å². The molecule has 0 spiro atoms. The SMILES string of the molecule is Br[C]1=[Ge]=[CH]1. The maximum absolute atomic E-state index is 3.30. The molecule has 0 aliphatic carbocycles. The molecule has 0 fully saturated rings. The van der Waals surface area contributed by atoms with Crippen LogP contribution in [0.3, 0.4) is 0 Å². The van der Waals surface area contributed by atoms with Crippen molar-refractivity contribution in [2.45, 2.75) is 0 Å². The summed E-state index contributed by atoms with van der Waals surface area (Å²) in [4.78, 5) is 2.25. The van der Waals surface area contributed by atoms with Crippen LogP contribution in [0, 0.1) is 0 Å². The van der Waals surface area contributed by atoms with E-state index in [9.17, 15) is 0 Å². The van der Waals surface area contributed by atoms with Crippen LogP contribution in [0.15, 0.2) is 0 Å². The second-order valence-corrected chi connectivity index (χ2v) is 5.37. The normalized spacial score (nSPS) is 15.8. The van der Waals surface area contributed by atoms with Crippen molar-refractivity contribution in [1.82, 2.24) is 0 Å². The van der Waals surface area contributed by atoms with Gasteiger partial charge in [0.05, 0.1) is 0 Å². The van der Waals surface area contributed by atoms with Crippen LogP contribution < -0.4 is 0 Å². The van der Waals surface area contributed by atoms with E-state index in [0.717, 1.165) is 0 Å². The Kier molecular flexibility index (Phi) is 0.643. The average Bonchev–Trinajstić information content (AvgIpc) is 1.75. The Morgan fingerprint density at radius 3 is 2.25 bits per heavy atom. The van der Waals surface area contributed by atoms with Crippen molar-refractivity contribution in [3.63, 3.8) is 0 Å². The minimum atomic E-state index is 0.389. The van der Waals surface area contributed by atoms with E-state index < -0.39 is 0 Å². The molecular weight excluding hydrogens is 177 g/mol. The number of hydrogen-bond donors (Lipinski definition) is 0. The standard InChI is InChI=1S/C2HBrGe/c3-2-1-4-2/h1H. The number of rotatable bonds is 0.